The van der Waals surface area contributed by atoms with E-state index in [9.17, 15) is 9.59 Å². The van der Waals surface area contributed by atoms with Crippen LogP contribution in [0.4, 0.5) is 0 Å². The largest absolute Gasteiger partial charge is 0.493 e. The maximum Gasteiger partial charge on any atom is 0.253 e. The molecule has 3 rings (SSSR count). The van der Waals surface area contributed by atoms with E-state index >= 15 is 0 Å². The first-order valence-electron chi connectivity index (χ1n) is 12.2. The summed E-state index contributed by atoms with van der Waals surface area (Å²) >= 11 is 0. The third-order valence-electron chi connectivity index (χ3n) is 6.55. The number of nitrogens with one attached hydrogen (secondary N) is 2. The molecule has 1 heterocycles. The summed E-state index contributed by atoms with van der Waals surface area (Å²) in [6.07, 6.45) is 8.18. The van der Waals surface area contributed by atoms with Crippen molar-refractivity contribution in [3.8, 4) is 11.5 Å². The molecule has 1 saturated heterocycles. The molecule has 0 spiro atoms. The fourth-order valence-electron chi connectivity index (χ4n) is 4.68. The van der Waals surface area contributed by atoms with Gasteiger partial charge in [0.2, 0.25) is 5.91 Å². The molecule has 0 unspecified atom stereocenters. The van der Waals surface area contributed by atoms with Crippen LogP contribution in [0, 0.1) is 5.92 Å². The molecule has 9 nitrogen and oxygen atoms in total. The molecule has 1 aromatic rings. The van der Waals surface area contributed by atoms with Crippen molar-refractivity contribution < 1.29 is 23.8 Å². The Hall–Kier alpha value is -2.81. The molecule has 2 fully saturated rings. The van der Waals surface area contributed by atoms with Gasteiger partial charge in [-0.1, -0.05) is 38.2 Å². The lowest BCUT2D eigenvalue weighted by Gasteiger charge is -2.29. The molecule has 9 heteroatoms. The number of hydrogen-bond acceptors (Lipinski definition) is 5. The van der Waals surface area contributed by atoms with E-state index in [2.05, 4.69) is 15.6 Å². The zero-order valence-electron chi connectivity index (χ0n) is 20.3. The Morgan fingerprint density at radius 3 is 2.47 bits per heavy atom. The summed E-state index contributed by atoms with van der Waals surface area (Å²) in [4.78, 5) is 29.6. The number of guanidine groups is 1. The van der Waals surface area contributed by atoms with Gasteiger partial charge in [0.25, 0.3) is 5.91 Å². The Labute approximate surface area is 201 Å². The lowest BCUT2D eigenvalue weighted by Crippen LogP contribution is -2.53. The first-order valence-corrected chi connectivity index (χ1v) is 12.2. The maximum atomic E-state index is 13.1. The number of rotatable bonds is 9. The van der Waals surface area contributed by atoms with Crippen LogP contribution in [-0.2, 0) is 20.7 Å². The van der Waals surface area contributed by atoms with Crippen LogP contribution in [0.25, 0.3) is 0 Å². The number of methoxy groups -OCH3 is 2. The van der Waals surface area contributed by atoms with Crippen LogP contribution < -0.4 is 25.8 Å². The molecule has 4 N–H and O–H groups in total. The van der Waals surface area contributed by atoms with Crippen LogP contribution in [0.15, 0.2) is 23.2 Å². The second kappa shape index (κ2) is 13.2. The van der Waals surface area contributed by atoms with Crippen molar-refractivity contribution in [3.63, 3.8) is 0 Å². The molecule has 0 radical (unpaired) electrons. The van der Waals surface area contributed by atoms with Gasteiger partial charge in [0.05, 0.1) is 20.6 Å². The van der Waals surface area contributed by atoms with Crippen molar-refractivity contribution >= 4 is 17.8 Å². The summed E-state index contributed by atoms with van der Waals surface area (Å²) in [7, 11) is 3.10. The highest BCUT2D eigenvalue weighted by molar-refractivity contribution is 5.95. The van der Waals surface area contributed by atoms with Crippen molar-refractivity contribution in [2.75, 3.05) is 27.4 Å². The molecule has 1 aliphatic heterocycles. The van der Waals surface area contributed by atoms with E-state index < -0.39 is 11.9 Å². The van der Waals surface area contributed by atoms with E-state index in [1.165, 1.54) is 19.3 Å². The highest BCUT2D eigenvalue weighted by Crippen LogP contribution is 2.28. The van der Waals surface area contributed by atoms with E-state index in [1.807, 2.05) is 0 Å². The number of ether oxygens (including phenoxy) is 3. The highest BCUT2D eigenvalue weighted by atomic mass is 16.5. The topological polar surface area (TPSA) is 124 Å². The number of carbonyl (C=O) groups is 2. The summed E-state index contributed by atoms with van der Waals surface area (Å²) < 4.78 is 15.9. The Bertz CT molecular complexity index is 848. The molecule has 0 aromatic heterocycles. The fourth-order valence-corrected chi connectivity index (χ4v) is 4.68. The summed E-state index contributed by atoms with van der Waals surface area (Å²) in [5.74, 6) is 1.06. The van der Waals surface area contributed by atoms with Crippen LogP contribution in [-0.4, -0.2) is 57.3 Å². The van der Waals surface area contributed by atoms with Crippen molar-refractivity contribution in [3.05, 3.63) is 23.8 Å². The molecular weight excluding hydrogens is 436 g/mol. The molecule has 1 saturated carbocycles. The smallest absolute Gasteiger partial charge is 0.253 e. The number of nitrogens with zero attached hydrogens (tertiary/aromatic N) is 1. The molecule has 1 atom stereocenters. The van der Waals surface area contributed by atoms with Crippen LogP contribution in [0.2, 0.25) is 0 Å². The van der Waals surface area contributed by atoms with Gasteiger partial charge >= 0.3 is 0 Å². The minimum absolute atomic E-state index is 0.0339. The number of hydrogen-bond donors (Lipinski definition) is 3. The van der Waals surface area contributed by atoms with Crippen LogP contribution in [0.1, 0.15) is 56.9 Å². The predicted octanol–water partition coefficient (Wildman–Crippen LogP) is 2.31. The van der Waals surface area contributed by atoms with Gasteiger partial charge in [-0.15, -0.1) is 0 Å². The number of carbonyl (C=O) groups excluding carboxylic acids is 2. The number of nitrogens with two attached hydrogens (primary N) is 1. The predicted molar refractivity (Wildman–Crippen MR) is 130 cm³/mol. The Balaban J connectivity index is 1.63. The SMILES string of the molecule is COc1ccc(CC(=O)N=C(N)N[C@H](CC2CCCCC2)C(=O)NC2CCOCC2)cc1OC. The molecule has 34 heavy (non-hydrogen) atoms. The molecule has 188 valence electrons. The minimum Gasteiger partial charge on any atom is -0.493 e. The maximum absolute atomic E-state index is 13.1. The molecule has 0 bridgehead atoms. The third-order valence-corrected chi connectivity index (χ3v) is 6.55. The van der Waals surface area contributed by atoms with Gasteiger partial charge in [0, 0.05) is 19.3 Å². The van der Waals surface area contributed by atoms with E-state index in [4.69, 9.17) is 19.9 Å². The van der Waals surface area contributed by atoms with Gasteiger partial charge in [-0.05, 0) is 42.9 Å². The van der Waals surface area contributed by atoms with Gasteiger partial charge in [-0.3, -0.25) is 9.59 Å². The standard InChI is InChI=1S/C25H38N4O5/c1-32-21-9-8-18(15-22(21)33-2)16-23(30)29-25(26)28-20(14-17-6-4-3-5-7-17)24(31)27-19-10-12-34-13-11-19/h8-9,15,17,19-20H,3-7,10-14,16H2,1-2H3,(H,27,31)(H3,26,28,29,30)/t20-/m1/s1. The van der Waals surface area contributed by atoms with Crippen molar-refractivity contribution in [1.82, 2.24) is 10.6 Å². The first kappa shape index (κ1) is 25.8. The Kier molecular flexibility index (Phi) is 10.00. The van der Waals surface area contributed by atoms with Crippen LogP contribution >= 0.6 is 0 Å². The second-order valence-corrected chi connectivity index (χ2v) is 9.09. The van der Waals surface area contributed by atoms with Gasteiger partial charge in [-0.25, -0.2) is 0 Å². The summed E-state index contributed by atoms with van der Waals surface area (Å²) in [6, 6.07) is 4.84. The van der Waals surface area contributed by atoms with Crippen molar-refractivity contribution in [2.24, 2.45) is 16.6 Å². The Morgan fingerprint density at radius 1 is 1.09 bits per heavy atom. The van der Waals surface area contributed by atoms with E-state index in [1.54, 1.807) is 32.4 Å². The van der Waals surface area contributed by atoms with E-state index in [0.717, 1.165) is 31.2 Å². The minimum atomic E-state index is -0.524. The molecule has 2 amide bonds. The van der Waals surface area contributed by atoms with Crippen LogP contribution in [0.3, 0.4) is 0 Å². The lowest BCUT2D eigenvalue weighted by atomic mass is 9.84. The molecule has 2 aliphatic rings. The zero-order chi connectivity index (χ0) is 24.3. The third kappa shape index (κ3) is 7.90. The fraction of sp³-hybridized carbons (Fsp3) is 0.640. The lowest BCUT2D eigenvalue weighted by molar-refractivity contribution is -0.124. The zero-order valence-corrected chi connectivity index (χ0v) is 20.3. The first-order chi connectivity index (χ1) is 16.5. The normalized spacial score (nSPS) is 18.7. The number of amides is 2. The second-order valence-electron chi connectivity index (χ2n) is 9.09. The number of aliphatic imine (C=N–C) groups is 1. The molecular formula is C25H38N4O5. The average Bonchev–Trinajstić information content (AvgIpc) is 2.84. The summed E-state index contributed by atoms with van der Waals surface area (Å²) in [6.45, 7) is 1.31. The van der Waals surface area contributed by atoms with Gasteiger partial charge in [0.1, 0.15) is 6.04 Å². The van der Waals surface area contributed by atoms with Crippen LogP contribution in [0.5, 0.6) is 11.5 Å². The monoisotopic (exact) mass is 474 g/mol. The van der Waals surface area contributed by atoms with Gasteiger partial charge in [0.15, 0.2) is 17.5 Å². The quantitative estimate of drug-likeness (QED) is 0.371. The van der Waals surface area contributed by atoms with Crippen molar-refractivity contribution in [1.29, 1.82) is 0 Å². The molecule has 1 aromatic carbocycles. The van der Waals surface area contributed by atoms with E-state index in [0.29, 0.717) is 37.1 Å². The molecule has 1 aliphatic carbocycles. The summed E-state index contributed by atoms with van der Waals surface area (Å²) in [5.41, 5.74) is 6.81. The Morgan fingerprint density at radius 2 is 1.79 bits per heavy atom. The summed E-state index contributed by atoms with van der Waals surface area (Å²) in [5, 5.41) is 6.16. The highest BCUT2D eigenvalue weighted by Gasteiger charge is 2.27. The van der Waals surface area contributed by atoms with E-state index in [-0.39, 0.29) is 24.3 Å². The van der Waals surface area contributed by atoms with Crippen molar-refractivity contribution in [2.45, 2.75) is 69.9 Å². The number of benzene rings is 1. The van der Waals surface area contributed by atoms with Gasteiger partial charge in [-0.2, -0.15) is 4.99 Å². The average molecular weight is 475 g/mol. The van der Waals surface area contributed by atoms with Gasteiger partial charge < -0.3 is 30.6 Å².